The van der Waals surface area contributed by atoms with Crippen LogP contribution in [0.25, 0.3) is 22.6 Å². The van der Waals surface area contributed by atoms with E-state index >= 15 is 0 Å². The molecule has 3 heterocycles. The fourth-order valence-electron chi connectivity index (χ4n) is 4.51. The molecule has 4 aromatic rings. The molecule has 0 amide bonds. The smallest absolute Gasteiger partial charge is 0.330 e. The highest BCUT2D eigenvalue weighted by molar-refractivity contribution is 7.89. The number of hydrogen-bond donors (Lipinski definition) is 2. The van der Waals surface area contributed by atoms with E-state index in [2.05, 4.69) is 19.9 Å². The van der Waals surface area contributed by atoms with Crippen LogP contribution in [-0.4, -0.2) is 65.5 Å². The third-order valence-electron chi connectivity index (χ3n) is 6.50. The molecule has 0 saturated carbocycles. The maximum absolute atomic E-state index is 13.3. The van der Waals surface area contributed by atoms with Crippen molar-refractivity contribution in [1.29, 1.82) is 0 Å². The van der Waals surface area contributed by atoms with Crippen LogP contribution < -0.4 is 20.9 Å². The van der Waals surface area contributed by atoms with Gasteiger partial charge in [0.25, 0.3) is 5.56 Å². The first-order chi connectivity index (χ1) is 17.8. The van der Waals surface area contributed by atoms with Gasteiger partial charge in [0, 0.05) is 50.0 Å². The molecule has 37 heavy (non-hydrogen) atoms. The number of aromatic nitrogens is 4. The lowest BCUT2D eigenvalue weighted by atomic mass is 10.2. The molecule has 1 saturated heterocycles. The van der Waals surface area contributed by atoms with Gasteiger partial charge in [-0.2, -0.15) is 4.31 Å². The predicted octanol–water partition coefficient (Wildman–Crippen LogP) is 2.01. The van der Waals surface area contributed by atoms with Gasteiger partial charge in [-0.05, 0) is 42.8 Å². The molecule has 5 rings (SSSR count). The molecule has 1 fully saturated rings. The molecule has 0 unspecified atom stereocenters. The Morgan fingerprint density at radius 1 is 1.00 bits per heavy atom. The van der Waals surface area contributed by atoms with Crippen molar-refractivity contribution in [3.05, 3.63) is 69.4 Å². The SMILES string of the molecule is CCCn1c(=O)[nH]c2nc(-c3ccc(S(=O)(=O)N4CCN(c5cccc(OC)c5)CC4)cc3)[nH]c2c1=O. The summed E-state index contributed by atoms with van der Waals surface area (Å²) in [6.45, 7) is 4.04. The number of ether oxygens (including phenoxy) is 1. The zero-order valence-corrected chi connectivity index (χ0v) is 21.4. The maximum Gasteiger partial charge on any atom is 0.330 e. The summed E-state index contributed by atoms with van der Waals surface area (Å²) in [5.41, 5.74) is 1.02. The number of nitrogens with zero attached hydrogens (tertiary/aromatic N) is 4. The van der Waals surface area contributed by atoms with Gasteiger partial charge in [-0.3, -0.25) is 14.3 Å². The molecule has 194 valence electrons. The van der Waals surface area contributed by atoms with Crippen LogP contribution >= 0.6 is 0 Å². The van der Waals surface area contributed by atoms with Crippen molar-refractivity contribution in [2.45, 2.75) is 24.8 Å². The highest BCUT2D eigenvalue weighted by Crippen LogP contribution is 2.26. The number of rotatable bonds is 7. The van der Waals surface area contributed by atoms with Crippen LogP contribution in [0.2, 0.25) is 0 Å². The van der Waals surface area contributed by atoms with E-state index in [0.717, 1.165) is 16.0 Å². The number of fused-ring (bicyclic) bond motifs is 1. The second-order valence-electron chi connectivity index (χ2n) is 8.81. The number of imidazole rings is 1. The largest absolute Gasteiger partial charge is 0.497 e. The number of benzene rings is 2. The summed E-state index contributed by atoms with van der Waals surface area (Å²) in [6.07, 6.45) is 0.640. The van der Waals surface area contributed by atoms with E-state index in [1.807, 2.05) is 31.2 Å². The Hall–Kier alpha value is -3.90. The third kappa shape index (κ3) is 4.65. The highest BCUT2D eigenvalue weighted by atomic mass is 32.2. The van der Waals surface area contributed by atoms with Crippen molar-refractivity contribution >= 4 is 26.9 Å². The average molecular weight is 525 g/mol. The van der Waals surface area contributed by atoms with Gasteiger partial charge < -0.3 is 14.6 Å². The molecule has 2 aromatic carbocycles. The van der Waals surface area contributed by atoms with Crippen LogP contribution in [0, 0.1) is 0 Å². The summed E-state index contributed by atoms with van der Waals surface area (Å²) >= 11 is 0. The van der Waals surface area contributed by atoms with Crippen LogP contribution in [0.1, 0.15) is 13.3 Å². The topological polar surface area (TPSA) is 133 Å². The first-order valence-corrected chi connectivity index (χ1v) is 13.5. The molecule has 2 aromatic heterocycles. The first-order valence-electron chi connectivity index (χ1n) is 12.0. The lowest BCUT2D eigenvalue weighted by Crippen LogP contribution is -2.48. The number of methoxy groups -OCH3 is 1. The Labute approximate surface area is 213 Å². The molecule has 0 aliphatic carbocycles. The summed E-state index contributed by atoms with van der Waals surface area (Å²) < 4.78 is 34.5. The maximum atomic E-state index is 13.3. The van der Waals surface area contributed by atoms with Gasteiger partial charge in [0.2, 0.25) is 10.0 Å². The second-order valence-corrected chi connectivity index (χ2v) is 10.8. The van der Waals surface area contributed by atoms with E-state index in [0.29, 0.717) is 50.5 Å². The number of sulfonamides is 1. The molecule has 0 radical (unpaired) electrons. The van der Waals surface area contributed by atoms with E-state index < -0.39 is 21.3 Å². The van der Waals surface area contributed by atoms with Crippen molar-refractivity contribution in [3.8, 4) is 17.1 Å². The number of hydrogen-bond acceptors (Lipinski definition) is 7. The molecule has 1 aliphatic rings. The summed E-state index contributed by atoms with van der Waals surface area (Å²) in [6, 6.07) is 14.1. The quantitative estimate of drug-likeness (QED) is 0.378. The van der Waals surface area contributed by atoms with Crippen LogP contribution in [0.3, 0.4) is 0 Å². The minimum Gasteiger partial charge on any atom is -0.497 e. The molecule has 2 N–H and O–H groups in total. The van der Waals surface area contributed by atoms with Gasteiger partial charge in [-0.1, -0.05) is 13.0 Å². The van der Waals surface area contributed by atoms with Gasteiger partial charge in [-0.15, -0.1) is 0 Å². The van der Waals surface area contributed by atoms with Crippen LogP contribution in [0.5, 0.6) is 5.75 Å². The predicted molar refractivity (Wildman–Crippen MR) is 141 cm³/mol. The van der Waals surface area contributed by atoms with Crippen molar-refractivity contribution in [1.82, 2.24) is 23.8 Å². The lowest BCUT2D eigenvalue weighted by molar-refractivity contribution is 0.384. The minimum atomic E-state index is -3.68. The number of aromatic amines is 2. The van der Waals surface area contributed by atoms with Crippen LogP contribution in [-0.2, 0) is 16.6 Å². The molecule has 12 heteroatoms. The molecule has 1 aliphatic heterocycles. The molecule has 0 atom stereocenters. The fourth-order valence-corrected chi connectivity index (χ4v) is 5.93. The lowest BCUT2D eigenvalue weighted by Gasteiger charge is -2.35. The monoisotopic (exact) mass is 524 g/mol. The Morgan fingerprint density at radius 3 is 2.41 bits per heavy atom. The highest BCUT2D eigenvalue weighted by Gasteiger charge is 2.29. The number of piperazine rings is 1. The summed E-state index contributed by atoms with van der Waals surface area (Å²) in [7, 11) is -2.06. The van der Waals surface area contributed by atoms with Gasteiger partial charge in [0.1, 0.15) is 17.1 Å². The molecular weight excluding hydrogens is 496 g/mol. The van der Waals surface area contributed by atoms with Gasteiger partial charge in [0.15, 0.2) is 5.65 Å². The first kappa shape index (κ1) is 24.8. The van der Waals surface area contributed by atoms with E-state index in [4.69, 9.17) is 4.74 Å². The fraction of sp³-hybridized carbons (Fsp3) is 0.320. The second kappa shape index (κ2) is 9.87. The summed E-state index contributed by atoms with van der Waals surface area (Å²) in [5.74, 6) is 1.13. The normalized spacial score (nSPS) is 14.8. The summed E-state index contributed by atoms with van der Waals surface area (Å²) in [5, 5.41) is 0. The van der Waals surface area contributed by atoms with Crippen molar-refractivity contribution < 1.29 is 13.2 Å². The third-order valence-corrected chi connectivity index (χ3v) is 8.42. The standard InChI is InChI=1S/C25H28N6O5S/c1-3-11-31-24(32)21-23(28-25(31)33)27-22(26-21)17-7-9-20(10-8-17)37(34,35)30-14-12-29(13-15-30)18-5-4-6-19(16-18)36-2/h4-10,16H,3,11-15H2,1-2H3,(H,26,27)(H,28,33). The van der Waals surface area contributed by atoms with Gasteiger partial charge >= 0.3 is 5.69 Å². The van der Waals surface area contributed by atoms with Crippen molar-refractivity contribution in [2.75, 3.05) is 38.2 Å². The van der Waals surface area contributed by atoms with E-state index in [-0.39, 0.29) is 16.1 Å². The Balaban J connectivity index is 1.33. The van der Waals surface area contributed by atoms with Gasteiger partial charge in [0.05, 0.1) is 12.0 Å². The van der Waals surface area contributed by atoms with Gasteiger partial charge in [-0.25, -0.2) is 18.2 Å². The number of anilines is 1. The number of nitrogens with one attached hydrogen (secondary N) is 2. The van der Waals surface area contributed by atoms with E-state index in [9.17, 15) is 18.0 Å². The zero-order chi connectivity index (χ0) is 26.2. The molecule has 0 bridgehead atoms. The minimum absolute atomic E-state index is 0.169. The van der Waals surface area contributed by atoms with E-state index in [1.54, 1.807) is 19.2 Å². The molecule has 0 spiro atoms. The Kier molecular flexibility index (Phi) is 6.61. The zero-order valence-electron chi connectivity index (χ0n) is 20.6. The average Bonchev–Trinajstić information content (AvgIpc) is 3.35. The summed E-state index contributed by atoms with van der Waals surface area (Å²) in [4.78, 5) is 37.1. The number of H-pyrrole nitrogens is 2. The Bertz CT molecular complexity index is 1650. The molecule has 11 nitrogen and oxygen atoms in total. The van der Waals surface area contributed by atoms with Crippen LogP contribution in [0.4, 0.5) is 5.69 Å². The van der Waals surface area contributed by atoms with Crippen molar-refractivity contribution in [2.24, 2.45) is 0 Å². The van der Waals surface area contributed by atoms with Crippen molar-refractivity contribution in [3.63, 3.8) is 0 Å². The molecular formula is C25H28N6O5S. The van der Waals surface area contributed by atoms with Crippen LogP contribution in [0.15, 0.2) is 63.0 Å². The van der Waals surface area contributed by atoms with E-state index in [1.165, 1.54) is 16.4 Å². The Morgan fingerprint density at radius 2 is 1.73 bits per heavy atom.